The highest BCUT2D eigenvalue weighted by molar-refractivity contribution is 5.89. The van der Waals surface area contributed by atoms with Gasteiger partial charge in [0.05, 0.1) is 11.6 Å². The van der Waals surface area contributed by atoms with Gasteiger partial charge in [-0.2, -0.15) is 5.26 Å². The van der Waals surface area contributed by atoms with Gasteiger partial charge in [-0.05, 0) is 62.1 Å². The molecule has 3 heteroatoms. The normalized spacial score (nSPS) is 20.3. The third-order valence-corrected chi connectivity index (χ3v) is 4.94. The van der Waals surface area contributed by atoms with Crippen molar-refractivity contribution < 1.29 is 9.53 Å². The zero-order valence-corrected chi connectivity index (χ0v) is 15.2. The molecule has 134 valence electrons. The van der Waals surface area contributed by atoms with Crippen molar-refractivity contribution in [1.29, 1.82) is 5.26 Å². The molecule has 3 nitrogen and oxygen atoms in total. The van der Waals surface area contributed by atoms with Crippen molar-refractivity contribution in [3.8, 4) is 6.07 Å². The summed E-state index contributed by atoms with van der Waals surface area (Å²) in [5.74, 6) is 0.232. The molecule has 0 N–H and O–H groups in total. The van der Waals surface area contributed by atoms with Crippen LogP contribution in [-0.4, -0.2) is 12.1 Å². The van der Waals surface area contributed by atoms with Crippen LogP contribution in [0.1, 0.15) is 74.2 Å². The van der Waals surface area contributed by atoms with Gasteiger partial charge in [0.2, 0.25) is 0 Å². The minimum Gasteiger partial charge on any atom is -0.459 e. The van der Waals surface area contributed by atoms with Gasteiger partial charge < -0.3 is 4.74 Å². The van der Waals surface area contributed by atoms with Crippen LogP contribution in [0.15, 0.2) is 36.4 Å². The van der Waals surface area contributed by atoms with Crippen LogP contribution >= 0.6 is 0 Å². The smallest absolute Gasteiger partial charge is 0.338 e. The highest BCUT2D eigenvalue weighted by Crippen LogP contribution is 2.27. The summed E-state index contributed by atoms with van der Waals surface area (Å²) >= 11 is 0. The van der Waals surface area contributed by atoms with Gasteiger partial charge in [0, 0.05) is 6.08 Å². The van der Waals surface area contributed by atoms with Crippen LogP contribution in [0.4, 0.5) is 0 Å². The number of hydrogen-bond donors (Lipinski definition) is 0. The molecule has 1 aliphatic rings. The summed E-state index contributed by atoms with van der Waals surface area (Å²) in [5, 5.41) is 8.58. The molecule has 0 bridgehead atoms. The molecule has 0 atom stereocenters. The van der Waals surface area contributed by atoms with Crippen LogP contribution in [0.25, 0.3) is 0 Å². The summed E-state index contributed by atoms with van der Waals surface area (Å²) in [5.41, 5.74) is 1.93. The maximum atomic E-state index is 12.3. The molecule has 0 aromatic heterocycles. The van der Waals surface area contributed by atoms with Crippen LogP contribution in [0.5, 0.6) is 0 Å². The van der Waals surface area contributed by atoms with Crippen molar-refractivity contribution in [2.75, 3.05) is 0 Å². The molecule has 0 spiro atoms. The number of benzene rings is 1. The van der Waals surface area contributed by atoms with E-state index in [4.69, 9.17) is 10.00 Å². The number of unbranched alkanes of at least 4 members (excludes halogenated alkanes) is 3. The van der Waals surface area contributed by atoms with Crippen LogP contribution in [-0.2, 0) is 11.2 Å². The van der Waals surface area contributed by atoms with Crippen molar-refractivity contribution in [3.63, 3.8) is 0 Å². The van der Waals surface area contributed by atoms with Gasteiger partial charge in [0.15, 0.2) is 0 Å². The summed E-state index contributed by atoms with van der Waals surface area (Å²) in [4.78, 5) is 12.3. The lowest BCUT2D eigenvalue weighted by Gasteiger charge is -2.26. The summed E-state index contributed by atoms with van der Waals surface area (Å²) in [7, 11) is 0. The average Bonchev–Trinajstić information content (AvgIpc) is 2.65. The number of hydrogen-bond acceptors (Lipinski definition) is 3. The van der Waals surface area contributed by atoms with Crippen LogP contribution < -0.4 is 0 Å². The number of carbonyl (C=O) groups is 1. The van der Waals surface area contributed by atoms with Gasteiger partial charge in [-0.1, -0.05) is 44.4 Å². The fourth-order valence-corrected chi connectivity index (χ4v) is 3.36. The molecule has 25 heavy (non-hydrogen) atoms. The van der Waals surface area contributed by atoms with Crippen molar-refractivity contribution in [3.05, 3.63) is 47.5 Å². The second-order valence-corrected chi connectivity index (χ2v) is 6.94. The maximum Gasteiger partial charge on any atom is 0.338 e. The van der Waals surface area contributed by atoms with E-state index in [0.29, 0.717) is 11.5 Å². The number of nitriles is 1. The highest BCUT2D eigenvalue weighted by atomic mass is 16.5. The van der Waals surface area contributed by atoms with E-state index in [1.165, 1.54) is 31.2 Å². The zero-order chi connectivity index (χ0) is 17.9. The van der Waals surface area contributed by atoms with Crippen molar-refractivity contribution in [2.24, 2.45) is 5.92 Å². The first-order valence-corrected chi connectivity index (χ1v) is 9.59. The molecule has 0 radical (unpaired) electrons. The zero-order valence-electron chi connectivity index (χ0n) is 15.2. The SMILES string of the molecule is CCCCCCc1ccc(C(=O)OC2CCC(C=CC#N)CC2)cc1. The minimum absolute atomic E-state index is 0.00737. The number of carbonyl (C=O) groups excluding carboxylic acids is 1. The summed E-state index contributed by atoms with van der Waals surface area (Å²) in [6.07, 6.45) is 13.3. The third-order valence-electron chi connectivity index (χ3n) is 4.94. The minimum atomic E-state index is -0.214. The number of aryl methyl sites for hydroxylation is 1. The second kappa shape index (κ2) is 10.7. The lowest BCUT2D eigenvalue weighted by molar-refractivity contribution is 0.0185. The van der Waals surface area contributed by atoms with Gasteiger partial charge >= 0.3 is 5.97 Å². The van der Waals surface area contributed by atoms with E-state index in [9.17, 15) is 4.79 Å². The molecule has 1 aromatic carbocycles. The van der Waals surface area contributed by atoms with Crippen molar-refractivity contribution in [1.82, 2.24) is 0 Å². The van der Waals surface area contributed by atoms with Crippen LogP contribution in [0.2, 0.25) is 0 Å². The Morgan fingerprint density at radius 1 is 1.16 bits per heavy atom. The van der Waals surface area contributed by atoms with E-state index in [1.54, 1.807) is 6.08 Å². The highest BCUT2D eigenvalue weighted by Gasteiger charge is 2.23. The molecular formula is C22H29NO2. The molecule has 0 amide bonds. The van der Waals surface area contributed by atoms with Crippen molar-refractivity contribution >= 4 is 5.97 Å². The van der Waals surface area contributed by atoms with Crippen LogP contribution in [0.3, 0.4) is 0 Å². The maximum absolute atomic E-state index is 12.3. The monoisotopic (exact) mass is 339 g/mol. The summed E-state index contributed by atoms with van der Waals surface area (Å²) in [6, 6.07) is 9.91. The predicted molar refractivity (Wildman–Crippen MR) is 100 cm³/mol. The van der Waals surface area contributed by atoms with Gasteiger partial charge in [0.25, 0.3) is 0 Å². The average molecular weight is 339 g/mol. The predicted octanol–water partition coefficient (Wildman–Crippen LogP) is 5.60. The lowest BCUT2D eigenvalue weighted by atomic mass is 9.87. The third kappa shape index (κ3) is 6.74. The fraction of sp³-hybridized carbons (Fsp3) is 0.545. The van der Waals surface area contributed by atoms with E-state index in [1.807, 2.05) is 36.4 Å². The van der Waals surface area contributed by atoms with E-state index < -0.39 is 0 Å². The quantitative estimate of drug-likeness (QED) is 0.351. The Labute approximate surface area is 151 Å². The number of nitrogens with zero attached hydrogens (tertiary/aromatic N) is 1. The molecule has 0 saturated heterocycles. The standard InChI is InChI=1S/C22H29NO2/c1-2-3-4-5-7-18-9-13-20(14-10-18)22(24)25-21-15-11-19(12-16-21)8-6-17-23/h6,8-10,13-14,19,21H,2-5,7,11-12,15-16H2,1H3. The van der Waals surface area contributed by atoms with E-state index in [0.717, 1.165) is 32.1 Å². The number of ether oxygens (including phenoxy) is 1. The van der Waals surface area contributed by atoms with Gasteiger partial charge in [0.1, 0.15) is 6.10 Å². The summed E-state index contributed by atoms with van der Waals surface area (Å²) in [6.45, 7) is 2.22. The first-order valence-electron chi connectivity index (χ1n) is 9.59. The van der Waals surface area contributed by atoms with Gasteiger partial charge in [-0.15, -0.1) is 0 Å². The molecule has 1 saturated carbocycles. The van der Waals surface area contributed by atoms with E-state index in [2.05, 4.69) is 6.92 Å². The number of rotatable bonds is 8. The van der Waals surface area contributed by atoms with Gasteiger partial charge in [-0.25, -0.2) is 4.79 Å². The Morgan fingerprint density at radius 2 is 1.88 bits per heavy atom. The summed E-state index contributed by atoms with van der Waals surface area (Å²) < 4.78 is 5.66. The Kier molecular flexibility index (Phi) is 8.25. The Bertz CT molecular complexity index is 589. The first-order chi connectivity index (χ1) is 12.2. The van der Waals surface area contributed by atoms with Crippen LogP contribution in [0, 0.1) is 17.2 Å². The first kappa shape index (κ1) is 19.2. The Balaban J connectivity index is 1.76. The van der Waals surface area contributed by atoms with Gasteiger partial charge in [-0.3, -0.25) is 0 Å². The molecule has 2 rings (SSSR count). The molecule has 0 heterocycles. The molecule has 1 aliphatic carbocycles. The second-order valence-electron chi connectivity index (χ2n) is 6.94. The number of allylic oxidation sites excluding steroid dienone is 2. The molecule has 1 fully saturated rings. The Hall–Kier alpha value is -2.08. The molecule has 0 unspecified atom stereocenters. The largest absolute Gasteiger partial charge is 0.459 e. The lowest BCUT2D eigenvalue weighted by Crippen LogP contribution is -2.24. The fourth-order valence-electron chi connectivity index (χ4n) is 3.36. The van der Waals surface area contributed by atoms with E-state index in [-0.39, 0.29) is 12.1 Å². The molecule has 1 aromatic rings. The Morgan fingerprint density at radius 3 is 2.52 bits per heavy atom. The molecular weight excluding hydrogens is 310 g/mol. The topological polar surface area (TPSA) is 50.1 Å². The molecule has 0 aliphatic heterocycles. The van der Waals surface area contributed by atoms with E-state index >= 15 is 0 Å². The van der Waals surface area contributed by atoms with Crippen molar-refractivity contribution in [2.45, 2.75) is 70.8 Å². The number of esters is 1.